The van der Waals surface area contributed by atoms with Gasteiger partial charge in [0.05, 0.1) is 0 Å². The van der Waals surface area contributed by atoms with Gasteiger partial charge in [-0.15, -0.1) is 0 Å². The summed E-state index contributed by atoms with van der Waals surface area (Å²) >= 11 is 0. The van der Waals surface area contributed by atoms with E-state index in [0.717, 1.165) is 31.2 Å². The third-order valence-corrected chi connectivity index (χ3v) is 4.25. The van der Waals surface area contributed by atoms with Crippen LogP contribution in [0.4, 0.5) is 5.69 Å². The highest BCUT2D eigenvalue weighted by atomic mass is 16.1. The predicted molar refractivity (Wildman–Crippen MR) is 87.7 cm³/mol. The monoisotopic (exact) mass is 279 g/mol. The van der Waals surface area contributed by atoms with Gasteiger partial charge < -0.3 is 9.69 Å². The number of hydrogen-bond acceptors (Lipinski definition) is 2. The summed E-state index contributed by atoms with van der Waals surface area (Å²) in [6, 6.07) is 14.7. The van der Waals surface area contributed by atoms with Crippen LogP contribution in [0.25, 0.3) is 11.1 Å². The molecule has 2 aromatic carbocycles. The van der Waals surface area contributed by atoms with Crippen LogP contribution in [0, 0.1) is 6.92 Å². The zero-order valence-electron chi connectivity index (χ0n) is 12.7. The number of para-hydroxylation sites is 1. The van der Waals surface area contributed by atoms with E-state index in [1.807, 2.05) is 0 Å². The largest absolute Gasteiger partial charge is 0.357 e. The van der Waals surface area contributed by atoms with Crippen molar-refractivity contribution in [3.8, 4) is 11.1 Å². The summed E-state index contributed by atoms with van der Waals surface area (Å²) in [7, 11) is 0. The Hall–Kier alpha value is -2.09. The Labute approximate surface area is 126 Å². The molecule has 1 unspecified atom stereocenters. The summed E-state index contributed by atoms with van der Waals surface area (Å²) < 4.78 is 0. The minimum atomic E-state index is -0.165. The van der Waals surface area contributed by atoms with Crippen molar-refractivity contribution in [1.82, 2.24) is 0 Å². The van der Waals surface area contributed by atoms with Crippen molar-refractivity contribution in [3.05, 3.63) is 53.6 Å². The maximum Gasteiger partial charge on any atom is 0.147 e. The van der Waals surface area contributed by atoms with E-state index in [0.29, 0.717) is 0 Å². The average molecular weight is 279 g/mol. The van der Waals surface area contributed by atoms with Crippen molar-refractivity contribution in [1.29, 1.82) is 0 Å². The van der Waals surface area contributed by atoms with E-state index < -0.39 is 0 Å². The fraction of sp³-hybridized carbons (Fsp3) is 0.316. The highest BCUT2D eigenvalue weighted by molar-refractivity contribution is 5.89. The third-order valence-electron chi connectivity index (χ3n) is 4.25. The quantitative estimate of drug-likeness (QED) is 0.767. The molecule has 0 bridgehead atoms. The van der Waals surface area contributed by atoms with E-state index in [1.54, 1.807) is 0 Å². The number of carbonyl (C=O) groups is 1. The van der Waals surface area contributed by atoms with Crippen LogP contribution >= 0.6 is 0 Å². The van der Waals surface area contributed by atoms with Crippen LogP contribution < -0.4 is 4.90 Å². The van der Waals surface area contributed by atoms with Crippen molar-refractivity contribution in [3.63, 3.8) is 0 Å². The Kier molecular flexibility index (Phi) is 3.78. The van der Waals surface area contributed by atoms with E-state index in [4.69, 9.17) is 0 Å². The molecule has 3 rings (SSSR count). The number of fused-ring (bicyclic) bond motifs is 3. The molecule has 108 valence electrons. The standard InChI is InChI=1S/C19H21NO/c1-3-4-11-20-18-8-6-5-7-15(18)17-12-14(2)9-10-16(17)19(20)13-21/h5-10,12-13,19H,3-4,11H2,1-2H3. The van der Waals surface area contributed by atoms with Crippen molar-refractivity contribution in [2.75, 3.05) is 11.4 Å². The first-order valence-corrected chi connectivity index (χ1v) is 7.68. The molecule has 0 aliphatic carbocycles. The Morgan fingerprint density at radius 2 is 1.95 bits per heavy atom. The lowest BCUT2D eigenvalue weighted by Crippen LogP contribution is -2.34. The van der Waals surface area contributed by atoms with Crippen molar-refractivity contribution in [2.24, 2.45) is 0 Å². The molecule has 1 heterocycles. The zero-order valence-corrected chi connectivity index (χ0v) is 12.7. The number of anilines is 1. The van der Waals surface area contributed by atoms with Gasteiger partial charge in [-0.25, -0.2) is 0 Å². The van der Waals surface area contributed by atoms with Gasteiger partial charge in [0.1, 0.15) is 12.3 Å². The van der Waals surface area contributed by atoms with Crippen LogP contribution in [-0.2, 0) is 4.79 Å². The normalized spacial score (nSPS) is 16.3. The van der Waals surface area contributed by atoms with Gasteiger partial charge in [0.2, 0.25) is 0 Å². The third kappa shape index (κ3) is 2.35. The first kappa shape index (κ1) is 13.9. The first-order chi connectivity index (χ1) is 10.3. The molecule has 21 heavy (non-hydrogen) atoms. The molecule has 0 amide bonds. The summed E-state index contributed by atoms with van der Waals surface area (Å²) in [6.45, 7) is 5.20. The maximum absolute atomic E-state index is 11.7. The lowest BCUT2D eigenvalue weighted by atomic mass is 9.87. The van der Waals surface area contributed by atoms with Crippen LogP contribution in [0.5, 0.6) is 0 Å². The molecule has 0 saturated heterocycles. The van der Waals surface area contributed by atoms with Crippen LogP contribution in [0.1, 0.15) is 36.9 Å². The highest BCUT2D eigenvalue weighted by Gasteiger charge is 2.29. The second-order valence-electron chi connectivity index (χ2n) is 5.74. The Balaban J connectivity index is 2.18. The van der Waals surface area contributed by atoms with Gasteiger partial charge in [0.15, 0.2) is 0 Å². The van der Waals surface area contributed by atoms with Gasteiger partial charge in [-0.1, -0.05) is 55.3 Å². The molecule has 0 spiro atoms. The molecule has 1 aliphatic rings. The minimum Gasteiger partial charge on any atom is -0.357 e. The number of benzene rings is 2. The molecule has 2 nitrogen and oxygen atoms in total. The molecular formula is C19H21NO. The zero-order chi connectivity index (χ0) is 14.8. The summed E-state index contributed by atoms with van der Waals surface area (Å²) in [6.07, 6.45) is 3.31. The van der Waals surface area contributed by atoms with Crippen LogP contribution in [-0.4, -0.2) is 12.8 Å². The molecule has 0 fully saturated rings. The maximum atomic E-state index is 11.7. The van der Waals surface area contributed by atoms with Crippen LogP contribution in [0.15, 0.2) is 42.5 Å². The topological polar surface area (TPSA) is 20.3 Å². The van der Waals surface area contributed by atoms with Gasteiger partial charge >= 0.3 is 0 Å². The Morgan fingerprint density at radius 3 is 2.71 bits per heavy atom. The lowest BCUT2D eigenvalue weighted by Gasteiger charge is -2.37. The molecule has 2 heteroatoms. The number of hydrogen-bond donors (Lipinski definition) is 0. The van der Waals surface area contributed by atoms with E-state index in [1.165, 1.54) is 22.4 Å². The number of carbonyl (C=O) groups excluding carboxylic acids is 1. The summed E-state index contributed by atoms with van der Waals surface area (Å²) in [5, 5.41) is 0. The predicted octanol–water partition coefficient (Wildman–Crippen LogP) is 4.52. The molecule has 2 aromatic rings. The molecule has 1 atom stereocenters. The van der Waals surface area contributed by atoms with Crippen molar-refractivity contribution >= 4 is 12.0 Å². The van der Waals surface area contributed by atoms with Gasteiger partial charge in [-0.05, 0) is 30.5 Å². The summed E-state index contributed by atoms with van der Waals surface area (Å²) in [5.74, 6) is 0. The van der Waals surface area contributed by atoms with E-state index >= 15 is 0 Å². The molecule has 1 aliphatic heterocycles. The molecular weight excluding hydrogens is 258 g/mol. The van der Waals surface area contributed by atoms with Gasteiger partial charge in [0, 0.05) is 17.8 Å². The smallest absolute Gasteiger partial charge is 0.147 e. The second kappa shape index (κ2) is 5.72. The molecule has 0 saturated carbocycles. The number of aryl methyl sites for hydroxylation is 1. The average Bonchev–Trinajstić information content (AvgIpc) is 2.52. The van der Waals surface area contributed by atoms with E-state index in [9.17, 15) is 4.79 Å². The summed E-state index contributed by atoms with van der Waals surface area (Å²) in [5.41, 5.74) is 5.99. The number of rotatable bonds is 4. The van der Waals surface area contributed by atoms with Crippen LogP contribution in [0.2, 0.25) is 0 Å². The number of nitrogens with zero attached hydrogens (tertiary/aromatic N) is 1. The number of aldehydes is 1. The highest BCUT2D eigenvalue weighted by Crippen LogP contribution is 2.44. The lowest BCUT2D eigenvalue weighted by molar-refractivity contribution is -0.109. The first-order valence-electron chi connectivity index (χ1n) is 7.68. The van der Waals surface area contributed by atoms with E-state index in [2.05, 4.69) is 61.2 Å². The van der Waals surface area contributed by atoms with Crippen LogP contribution in [0.3, 0.4) is 0 Å². The van der Waals surface area contributed by atoms with Gasteiger partial charge in [-0.3, -0.25) is 0 Å². The fourth-order valence-electron chi connectivity index (χ4n) is 3.17. The van der Waals surface area contributed by atoms with Crippen molar-refractivity contribution in [2.45, 2.75) is 32.7 Å². The van der Waals surface area contributed by atoms with Crippen molar-refractivity contribution < 1.29 is 4.79 Å². The SMILES string of the molecule is CCCCN1c2ccccc2-c2cc(C)ccc2C1C=O. The Bertz CT molecular complexity index is 662. The fourth-order valence-corrected chi connectivity index (χ4v) is 3.17. The molecule has 0 aromatic heterocycles. The molecule has 0 N–H and O–H groups in total. The van der Waals surface area contributed by atoms with Gasteiger partial charge in [0.25, 0.3) is 0 Å². The van der Waals surface area contributed by atoms with Gasteiger partial charge in [-0.2, -0.15) is 0 Å². The minimum absolute atomic E-state index is 0.165. The number of unbranched alkanes of at least 4 members (excludes halogenated alkanes) is 1. The van der Waals surface area contributed by atoms with E-state index in [-0.39, 0.29) is 6.04 Å². The summed E-state index contributed by atoms with van der Waals surface area (Å²) in [4.78, 5) is 14.0. The molecule has 0 radical (unpaired) electrons. The second-order valence-corrected chi connectivity index (χ2v) is 5.74. The Morgan fingerprint density at radius 1 is 1.14 bits per heavy atom.